The highest BCUT2D eigenvalue weighted by Crippen LogP contribution is 2.30. The molecule has 0 heterocycles. The largest absolute Gasteiger partial charge is 0.271 e. The zero-order chi connectivity index (χ0) is 14.0. The third-order valence-corrected chi connectivity index (χ3v) is 4.09. The van der Waals surface area contributed by atoms with Crippen molar-refractivity contribution in [2.45, 2.75) is 13.0 Å². The SMILES string of the molecule is Cc1ccc(C(NN)c2cc(F)ccc2Br)cc1Cl. The molecule has 2 nitrogen and oxygen atoms in total. The molecule has 0 spiro atoms. The second-order valence-electron chi connectivity index (χ2n) is 4.27. The molecule has 1 atom stereocenters. The molecule has 2 aromatic carbocycles. The van der Waals surface area contributed by atoms with Gasteiger partial charge in [-0.15, -0.1) is 0 Å². The van der Waals surface area contributed by atoms with Crippen LogP contribution in [-0.4, -0.2) is 0 Å². The van der Waals surface area contributed by atoms with Crippen molar-refractivity contribution in [2.75, 3.05) is 0 Å². The number of hydrogen-bond acceptors (Lipinski definition) is 2. The molecule has 0 amide bonds. The molecule has 2 rings (SSSR count). The summed E-state index contributed by atoms with van der Waals surface area (Å²) in [4.78, 5) is 0. The summed E-state index contributed by atoms with van der Waals surface area (Å²) in [5, 5.41) is 0.658. The van der Waals surface area contributed by atoms with Crippen molar-refractivity contribution in [3.63, 3.8) is 0 Å². The maximum Gasteiger partial charge on any atom is 0.123 e. The van der Waals surface area contributed by atoms with Crippen LogP contribution in [0.15, 0.2) is 40.9 Å². The number of rotatable bonds is 3. The van der Waals surface area contributed by atoms with Crippen molar-refractivity contribution in [1.29, 1.82) is 0 Å². The summed E-state index contributed by atoms with van der Waals surface area (Å²) < 4.78 is 14.2. The number of benzene rings is 2. The van der Waals surface area contributed by atoms with Crippen LogP contribution < -0.4 is 11.3 Å². The van der Waals surface area contributed by atoms with Crippen LogP contribution in [0.25, 0.3) is 0 Å². The molecular weight excluding hydrogens is 331 g/mol. The van der Waals surface area contributed by atoms with E-state index >= 15 is 0 Å². The average molecular weight is 344 g/mol. The van der Waals surface area contributed by atoms with Gasteiger partial charge in [0.25, 0.3) is 0 Å². The molecule has 0 fully saturated rings. The Hall–Kier alpha value is -0.940. The van der Waals surface area contributed by atoms with Gasteiger partial charge in [0.1, 0.15) is 5.82 Å². The van der Waals surface area contributed by atoms with Crippen LogP contribution in [-0.2, 0) is 0 Å². The summed E-state index contributed by atoms with van der Waals surface area (Å²) >= 11 is 9.53. The van der Waals surface area contributed by atoms with E-state index in [0.29, 0.717) is 5.02 Å². The van der Waals surface area contributed by atoms with E-state index in [4.69, 9.17) is 17.4 Å². The maximum absolute atomic E-state index is 13.4. The number of halogens is 3. The predicted molar refractivity (Wildman–Crippen MR) is 79.5 cm³/mol. The summed E-state index contributed by atoms with van der Waals surface area (Å²) in [6, 6.07) is 9.83. The van der Waals surface area contributed by atoms with E-state index in [1.54, 1.807) is 6.07 Å². The van der Waals surface area contributed by atoms with Gasteiger partial charge in [0, 0.05) is 9.50 Å². The molecule has 100 valence electrons. The first kappa shape index (κ1) is 14.5. The molecule has 3 N–H and O–H groups in total. The number of hydrogen-bond donors (Lipinski definition) is 2. The van der Waals surface area contributed by atoms with Gasteiger partial charge in [-0.1, -0.05) is 39.7 Å². The van der Waals surface area contributed by atoms with E-state index in [0.717, 1.165) is 21.2 Å². The lowest BCUT2D eigenvalue weighted by Gasteiger charge is -2.19. The highest BCUT2D eigenvalue weighted by molar-refractivity contribution is 9.10. The molecule has 1 unspecified atom stereocenters. The van der Waals surface area contributed by atoms with Crippen LogP contribution in [0.5, 0.6) is 0 Å². The van der Waals surface area contributed by atoms with Gasteiger partial charge in [-0.2, -0.15) is 0 Å². The van der Waals surface area contributed by atoms with Gasteiger partial charge in [0.2, 0.25) is 0 Å². The van der Waals surface area contributed by atoms with Crippen molar-refractivity contribution in [2.24, 2.45) is 5.84 Å². The van der Waals surface area contributed by atoms with Gasteiger partial charge in [-0.25, -0.2) is 9.82 Å². The van der Waals surface area contributed by atoms with Gasteiger partial charge in [0.15, 0.2) is 0 Å². The molecule has 0 aliphatic rings. The topological polar surface area (TPSA) is 38.0 Å². The Morgan fingerprint density at radius 1 is 1.26 bits per heavy atom. The molecule has 0 radical (unpaired) electrons. The van der Waals surface area contributed by atoms with Gasteiger partial charge >= 0.3 is 0 Å². The Bertz CT molecular complexity index is 604. The predicted octanol–water partition coefficient (Wildman–Crippen LogP) is 4.10. The van der Waals surface area contributed by atoms with Crippen LogP contribution in [0.1, 0.15) is 22.7 Å². The van der Waals surface area contributed by atoms with Crippen LogP contribution in [0, 0.1) is 12.7 Å². The lowest BCUT2D eigenvalue weighted by molar-refractivity contribution is 0.603. The first-order chi connectivity index (χ1) is 9.02. The van der Waals surface area contributed by atoms with Gasteiger partial charge in [0.05, 0.1) is 6.04 Å². The quantitative estimate of drug-likeness (QED) is 0.650. The summed E-state index contributed by atoms with van der Waals surface area (Å²) in [5.74, 6) is 5.30. The molecule has 0 saturated heterocycles. The van der Waals surface area contributed by atoms with Gasteiger partial charge < -0.3 is 0 Å². The van der Waals surface area contributed by atoms with E-state index in [-0.39, 0.29) is 11.9 Å². The lowest BCUT2D eigenvalue weighted by atomic mass is 9.98. The summed E-state index contributed by atoms with van der Waals surface area (Å²) in [5.41, 5.74) is 5.28. The fourth-order valence-corrected chi connectivity index (χ4v) is 2.55. The average Bonchev–Trinajstić information content (AvgIpc) is 2.38. The second-order valence-corrected chi connectivity index (χ2v) is 5.54. The number of nitrogens with one attached hydrogen (secondary N) is 1. The van der Waals surface area contributed by atoms with Crippen molar-refractivity contribution in [3.05, 3.63) is 68.4 Å². The van der Waals surface area contributed by atoms with Crippen molar-refractivity contribution in [3.8, 4) is 0 Å². The van der Waals surface area contributed by atoms with E-state index in [9.17, 15) is 4.39 Å². The monoisotopic (exact) mass is 342 g/mol. The van der Waals surface area contributed by atoms with E-state index in [1.165, 1.54) is 12.1 Å². The van der Waals surface area contributed by atoms with Crippen LogP contribution >= 0.6 is 27.5 Å². The fourth-order valence-electron chi connectivity index (χ4n) is 1.89. The third-order valence-electron chi connectivity index (χ3n) is 2.96. The molecule has 2 aromatic rings. The van der Waals surface area contributed by atoms with E-state index in [2.05, 4.69) is 21.4 Å². The van der Waals surface area contributed by atoms with Crippen LogP contribution in [0.4, 0.5) is 4.39 Å². The Labute approximate surface area is 124 Å². The zero-order valence-corrected chi connectivity index (χ0v) is 12.6. The Morgan fingerprint density at radius 2 is 2.00 bits per heavy atom. The highest BCUT2D eigenvalue weighted by Gasteiger charge is 2.17. The van der Waals surface area contributed by atoms with E-state index < -0.39 is 0 Å². The zero-order valence-electron chi connectivity index (χ0n) is 10.3. The Balaban J connectivity index is 2.49. The van der Waals surface area contributed by atoms with Crippen molar-refractivity contribution >= 4 is 27.5 Å². The minimum Gasteiger partial charge on any atom is -0.271 e. The highest BCUT2D eigenvalue weighted by atomic mass is 79.9. The number of hydrazine groups is 1. The Kier molecular flexibility index (Phi) is 4.58. The Morgan fingerprint density at radius 3 is 2.63 bits per heavy atom. The molecule has 19 heavy (non-hydrogen) atoms. The summed E-state index contributed by atoms with van der Waals surface area (Å²) in [6.07, 6.45) is 0. The number of nitrogens with two attached hydrogens (primary N) is 1. The smallest absolute Gasteiger partial charge is 0.123 e. The maximum atomic E-state index is 13.4. The summed E-state index contributed by atoms with van der Waals surface area (Å²) in [6.45, 7) is 1.93. The van der Waals surface area contributed by atoms with Crippen LogP contribution in [0.3, 0.4) is 0 Å². The minimum atomic E-state index is -0.330. The fraction of sp³-hybridized carbons (Fsp3) is 0.143. The normalized spacial score (nSPS) is 12.5. The van der Waals surface area contributed by atoms with Crippen LogP contribution in [0.2, 0.25) is 5.02 Å². The first-order valence-corrected chi connectivity index (χ1v) is 6.87. The van der Waals surface area contributed by atoms with Crippen molar-refractivity contribution in [1.82, 2.24) is 5.43 Å². The third kappa shape index (κ3) is 3.15. The lowest BCUT2D eigenvalue weighted by Crippen LogP contribution is -2.29. The van der Waals surface area contributed by atoms with Gasteiger partial charge in [-0.05, 0) is 47.9 Å². The number of aryl methyl sites for hydroxylation is 1. The minimum absolute atomic E-state index is 0.309. The van der Waals surface area contributed by atoms with Gasteiger partial charge in [-0.3, -0.25) is 5.84 Å². The molecule has 0 aromatic heterocycles. The molecule has 0 aliphatic carbocycles. The van der Waals surface area contributed by atoms with Crippen molar-refractivity contribution < 1.29 is 4.39 Å². The molecular formula is C14H13BrClFN2. The first-order valence-electron chi connectivity index (χ1n) is 5.70. The molecule has 5 heteroatoms. The second kappa shape index (κ2) is 6.01. The standard InChI is InChI=1S/C14H13BrClFN2/c1-8-2-3-9(6-13(8)16)14(19-18)11-7-10(17)4-5-12(11)15/h2-7,14,19H,18H2,1H3. The van der Waals surface area contributed by atoms with E-state index in [1.807, 2.05) is 25.1 Å². The molecule has 0 bridgehead atoms. The molecule has 0 saturated carbocycles. The molecule has 0 aliphatic heterocycles. The summed E-state index contributed by atoms with van der Waals surface area (Å²) in [7, 11) is 0.